The molecular formula is C22H26N2O5S. The highest BCUT2D eigenvalue weighted by molar-refractivity contribution is 7.88. The molecule has 1 aliphatic heterocycles. The number of esters is 1. The average molecular weight is 431 g/mol. The molecule has 1 atom stereocenters. The maximum atomic E-state index is 12.9. The highest BCUT2D eigenvalue weighted by atomic mass is 32.2. The van der Waals surface area contributed by atoms with Crippen molar-refractivity contribution in [2.24, 2.45) is 0 Å². The molecule has 0 aliphatic carbocycles. The van der Waals surface area contributed by atoms with Crippen LogP contribution in [0.25, 0.3) is 0 Å². The summed E-state index contributed by atoms with van der Waals surface area (Å²) in [6.45, 7) is 0.341. The zero-order valence-corrected chi connectivity index (χ0v) is 17.5. The van der Waals surface area contributed by atoms with E-state index < -0.39 is 22.0 Å². The maximum absolute atomic E-state index is 12.9. The number of ether oxygens (including phenoxy) is 1. The minimum absolute atomic E-state index is 0.134. The van der Waals surface area contributed by atoms with Crippen LogP contribution in [0, 0.1) is 0 Å². The van der Waals surface area contributed by atoms with Crippen molar-refractivity contribution >= 4 is 21.9 Å². The van der Waals surface area contributed by atoms with Crippen LogP contribution in [0.2, 0.25) is 0 Å². The first-order valence-electron chi connectivity index (χ1n) is 9.95. The number of nitrogens with zero attached hydrogens (tertiary/aromatic N) is 1. The van der Waals surface area contributed by atoms with Gasteiger partial charge in [-0.15, -0.1) is 0 Å². The third kappa shape index (κ3) is 6.67. The number of carbonyl (C=O) groups is 2. The van der Waals surface area contributed by atoms with Crippen LogP contribution in [0.5, 0.6) is 0 Å². The summed E-state index contributed by atoms with van der Waals surface area (Å²) in [5.74, 6) is -1.10. The molecule has 1 heterocycles. The van der Waals surface area contributed by atoms with E-state index in [0.717, 1.165) is 5.56 Å². The van der Waals surface area contributed by atoms with Gasteiger partial charge in [0.15, 0.2) is 0 Å². The van der Waals surface area contributed by atoms with Crippen LogP contribution in [0.1, 0.15) is 30.4 Å². The van der Waals surface area contributed by atoms with Crippen LogP contribution in [0.3, 0.4) is 0 Å². The van der Waals surface area contributed by atoms with E-state index >= 15 is 0 Å². The lowest BCUT2D eigenvalue weighted by molar-refractivity contribution is -0.150. The topological polar surface area (TPSA) is 92.8 Å². The van der Waals surface area contributed by atoms with Crippen molar-refractivity contribution in [3.8, 4) is 0 Å². The molecular weight excluding hydrogens is 404 g/mol. The summed E-state index contributed by atoms with van der Waals surface area (Å²) in [6, 6.07) is 17.2. The number of benzene rings is 2. The Morgan fingerprint density at radius 3 is 2.30 bits per heavy atom. The van der Waals surface area contributed by atoms with Gasteiger partial charge in [-0.25, -0.2) is 13.1 Å². The van der Waals surface area contributed by atoms with E-state index in [4.69, 9.17) is 4.74 Å². The van der Waals surface area contributed by atoms with Crippen LogP contribution >= 0.6 is 0 Å². The molecule has 1 fully saturated rings. The van der Waals surface area contributed by atoms with Gasteiger partial charge >= 0.3 is 5.97 Å². The smallest absolute Gasteiger partial charge is 0.325 e. The van der Waals surface area contributed by atoms with E-state index in [9.17, 15) is 18.0 Å². The molecule has 30 heavy (non-hydrogen) atoms. The third-order valence-corrected chi connectivity index (χ3v) is 6.22. The number of hydrogen-bond acceptors (Lipinski definition) is 5. The number of hydrogen-bond donors (Lipinski definition) is 1. The largest absolute Gasteiger partial charge is 0.459 e. The molecule has 160 valence electrons. The van der Waals surface area contributed by atoms with Crippen LogP contribution in [0.15, 0.2) is 60.7 Å². The van der Waals surface area contributed by atoms with Crippen LogP contribution in [-0.2, 0) is 36.7 Å². The van der Waals surface area contributed by atoms with Gasteiger partial charge in [-0.2, -0.15) is 0 Å². The predicted molar refractivity (Wildman–Crippen MR) is 113 cm³/mol. The zero-order valence-electron chi connectivity index (χ0n) is 16.7. The fourth-order valence-corrected chi connectivity index (χ4v) is 4.73. The summed E-state index contributed by atoms with van der Waals surface area (Å²) in [7, 11) is -3.70. The van der Waals surface area contributed by atoms with Crippen LogP contribution in [-0.4, -0.2) is 44.3 Å². The Morgan fingerprint density at radius 1 is 1.00 bits per heavy atom. The molecule has 1 N–H and O–H groups in total. The molecule has 0 spiro atoms. The Hall–Kier alpha value is -2.71. The molecule has 1 aliphatic rings. The summed E-state index contributed by atoms with van der Waals surface area (Å²) in [5, 5.41) is 0. The Balaban J connectivity index is 1.57. The number of amides is 1. The Morgan fingerprint density at radius 2 is 1.63 bits per heavy atom. The van der Waals surface area contributed by atoms with E-state index in [1.807, 2.05) is 36.4 Å². The Kier molecular flexibility index (Phi) is 7.59. The van der Waals surface area contributed by atoms with Gasteiger partial charge in [0.1, 0.15) is 19.2 Å². The van der Waals surface area contributed by atoms with E-state index in [1.54, 1.807) is 24.3 Å². The second-order valence-electron chi connectivity index (χ2n) is 7.32. The molecule has 0 radical (unpaired) electrons. The molecule has 7 nitrogen and oxygen atoms in total. The zero-order chi connectivity index (χ0) is 21.4. The molecule has 2 aromatic rings. The molecule has 1 saturated heterocycles. The minimum Gasteiger partial charge on any atom is -0.459 e. The van der Waals surface area contributed by atoms with Gasteiger partial charge in [-0.3, -0.25) is 9.59 Å². The molecule has 1 amide bonds. The SMILES string of the molecule is O=C(CN1CCCCC(NS(=O)(=O)Cc2ccccc2)C1=O)OCc1ccccc1. The highest BCUT2D eigenvalue weighted by Gasteiger charge is 2.31. The number of sulfonamides is 1. The van der Waals surface area contributed by atoms with Crippen LogP contribution in [0.4, 0.5) is 0 Å². The third-order valence-electron chi connectivity index (χ3n) is 4.86. The number of nitrogens with one attached hydrogen (secondary N) is 1. The Labute approximate surface area is 177 Å². The van der Waals surface area contributed by atoms with Gasteiger partial charge in [0, 0.05) is 6.54 Å². The predicted octanol–water partition coefficient (Wildman–Crippen LogP) is 2.23. The second-order valence-corrected chi connectivity index (χ2v) is 9.07. The highest BCUT2D eigenvalue weighted by Crippen LogP contribution is 2.15. The van der Waals surface area contributed by atoms with Crippen molar-refractivity contribution in [2.45, 2.75) is 37.7 Å². The molecule has 8 heteroatoms. The number of carbonyl (C=O) groups excluding carboxylic acids is 2. The van der Waals surface area contributed by atoms with Gasteiger partial charge in [-0.1, -0.05) is 60.7 Å². The van der Waals surface area contributed by atoms with Crippen molar-refractivity contribution < 1.29 is 22.7 Å². The van der Waals surface area contributed by atoms with E-state index in [0.29, 0.717) is 31.4 Å². The van der Waals surface area contributed by atoms with Gasteiger partial charge in [0.05, 0.1) is 5.75 Å². The van der Waals surface area contributed by atoms with Gasteiger partial charge in [-0.05, 0) is 30.4 Å². The fraction of sp³-hybridized carbons (Fsp3) is 0.364. The first kappa shape index (κ1) is 22.0. The first-order valence-corrected chi connectivity index (χ1v) is 11.6. The lowest BCUT2D eigenvalue weighted by Crippen LogP contribution is -2.49. The number of rotatable bonds is 8. The lowest BCUT2D eigenvalue weighted by atomic mass is 10.1. The Bertz CT molecular complexity index is 948. The van der Waals surface area contributed by atoms with Crippen molar-refractivity contribution in [3.05, 3.63) is 71.8 Å². The lowest BCUT2D eigenvalue weighted by Gasteiger charge is -2.24. The summed E-state index contributed by atoms with van der Waals surface area (Å²) in [5.41, 5.74) is 1.51. The van der Waals surface area contributed by atoms with Crippen molar-refractivity contribution in [2.75, 3.05) is 13.1 Å². The van der Waals surface area contributed by atoms with Gasteiger partial charge in [0.2, 0.25) is 15.9 Å². The molecule has 3 rings (SSSR count). The van der Waals surface area contributed by atoms with Crippen molar-refractivity contribution in [1.82, 2.24) is 9.62 Å². The molecule has 1 unspecified atom stereocenters. The van der Waals surface area contributed by atoms with E-state index in [2.05, 4.69) is 4.72 Å². The van der Waals surface area contributed by atoms with Crippen LogP contribution < -0.4 is 4.72 Å². The van der Waals surface area contributed by atoms with Gasteiger partial charge in [0.25, 0.3) is 0 Å². The maximum Gasteiger partial charge on any atom is 0.325 e. The molecule has 0 aromatic heterocycles. The van der Waals surface area contributed by atoms with Gasteiger partial charge < -0.3 is 9.64 Å². The monoisotopic (exact) mass is 430 g/mol. The number of likely N-dealkylation sites (tertiary alicyclic amines) is 1. The van der Waals surface area contributed by atoms with E-state index in [1.165, 1.54) is 4.90 Å². The summed E-state index contributed by atoms with van der Waals surface area (Å²) in [4.78, 5) is 26.5. The fourth-order valence-electron chi connectivity index (χ4n) is 3.36. The molecule has 0 bridgehead atoms. The quantitative estimate of drug-likeness (QED) is 0.649. The van der Waals surface area contributed by atoms with Crippen molar-refractivity contribution in [3.63, 3.8) is 0 Å². The standard InChI is InChI=1S/C22H26N2O5S/c25-21(29-16-18-9-3-1-4-10-18)15-24-14-8-7-13-20(22(24)26)23-30(27,28)17-19-11-5-2-6-12-19/h1-6,9-12,20,23H,7-8,13-17H2. The summed E-state index contributed by atoms with van der Waals surface area (Å²) >= 11 is 0. The summed E-state index contributed by atoms with van der Waals surface area (Å²) in [6.07, 6.45) is 1.80. The first-order chi connectivity index (χ1) is 14.4. The normalized spacial score (nSPS) is 17.4. The molecule has 0 saturated carbocycles. The average Bonchev–Trinajstić information content (AvgIpc) is 2.89. The molecule has 2 aromatic carbocycles. The van der Waals surface area contributed by atoms with Crippen molar-refractivity contribution in [1.29, 1.82) is 0 Å². The second kappa shape index (κ2) is 10.4. The minimum atomic E-state index is -3.70. The van der Waals surface area contributed by atoms with E-state index in [-0.39, 0.29) is 24.8 Å². The summed E-state index contributed by atoms with van der Waals surface area (Å²) < 4.78 is 32.9.